The second kappa shape index (κ2) is 8.98. The Hall–Kier alpha value is -2.90. The van der Waals surface area contributed by atoms with Crippen molar-refractivity contribution in [3.05, 3.63) is 29.8 Å². The number of nitrogens with zero attached hydrogens (tertiary/aromatic N) is 1. The van der Waals surface area contributed by atoms with Gasteiger partial charge in [0.1, 0.15) is 0 Å². The number of carboxylic acids is 1. The second-order valence-electron chi connectivity index (χ2n) is 6.31. The lowest BCUT2D eigenvalue weighted by atomic mass is 9.96. The minimum atomic E-state index is -1.02. The molecule has 1 fully saturated rings. The van der Waals surface area contributed by atoms with E-state index in [9.17, 15) is 19.2 Å². The van der Waals surface area contributed by atoms with Crippen LogP contribution in [-0.4, -0.2) is 53.3 Å². The monoisotopic (exact) mass is 361 g/mol. The smallest absolute Gasteiger partial charge is 0.319 e. The van der Waals surface area contributed by atoms with Gasteiger partial charge in [0.05, 0.1) is 6.42 Å². The van der Waals surface area contributed by atoms with Crippen molar-refractivity contribution in [3.63, 3.8) is 0 Å². The van der Waals surface area contributed by atoms with Crippen LogP contribution in [0.2, 0.25) is 0 Å². The van der Waals surface area contributed by atoms with Crippen LogP contribution in [-0.2, 0) is 9.59 Å². The lowest BCUT2D eigenvalue weighted by Crippen LogP contribution is -2.37. The first-order valence-corrected chi connectivity index (χ1v) is 8.55. The number of aliphatic carboxylic acids is 1. The minimum Gasteiger partial charge on any atom is -0.481 e. The van der Waals surface area contributed by atoms with E-state index in [1.165, 1.54) is 0 Å². The summed E-state index contributed by atoms with van der Waals surface area (Å²) < 4.78 is 0. The summed E-state index contributed by atoms with van der Waals surface area (Å²) in [6.07, 6.45) is 1.21. The van der Waals surface area contributed by atoms with Gasteiger partial charge in [0.2, 0.25) is 5.91 Å². The average Bonchev–Trinajstić information content (AvgIpc) is 2.99. The van der Waals surface area contributed by atoms with E-state index in [0.717, 1.165) is 13.0 Å². The zero-order chi connectivity index (χ0) is 19.1. The fraction of sp³-hybridized carbons (Fsp3) is 0.444. The molecular formula is C18H23N3O5. The molecule has 0 bridgehead atoms. The zero-order valence-electron chi connectivity index (χ0n) is 14.7. The molecular weight excluding hydrogens is 338 g/mol. The fourth-order valence-electron chi connectivity index (χ4n) is 2.78. The number of carbonyl (C=O) groups excluding carboxylic acids is 3. The molecule has 0 aromatic heterocycles. The number of nitrogens with one attached hydrogen (secondary N) is 2. The van der Waals surface area contributed by atoms with Crippen molar-refractivity contribution >= 4 is 29.4 Å². The first-order chi connectivity index (χ1) is 12.4. The first-order valence-electron chi connectivity index (χ1n) is 8.55. The van der Waals surface area contributed by atoms with Gasteiger partial charge in [0, 0.05) is 43.2 Å². The van der Waals surface area contributed by atoms with E-state index in [2.05, 4.69) is 10.6 Å². The first kappa shape index (κ1) is 19.4. The predicted octanol–water partition coefficient (Wildman–Crippen LogP) is 1.72. The van der Waals surface area contributed by atoms with Crippen molar-refractivity contribution in [1.82, 2.24) is 10.2 Å². The number of anilines is 1. The second-order valence-corrected chi connectivity index (χ2v) is 6.31. The number of likely N-dealkylation sites (tertiary alicyclic amines) is 1. The van der Waals surface area contributed by atoms with Crippen LogP contribution >= 0.6 is 0 Å². The molecule has 0 spiro atoms. The van der Waals surface area contributed by atoms with Crippen LogP contribution in [0.4, 0.5) is 10.5 Å². The van der Waals surface area contributed by atoms with Crippen molar-refractivity contribution in [2.24, 2.45) is 5.92 Å². The summed E-state index contributed by atoms with van der Waals surface area (Å²) in [7, 11) is 0. The summed E-state index contributed by atoms with van der Waals surface area (Å²) in [4.78, 5) is 47.8. The molecule has 1 unspecified atom stereocenters. The molecule has 0 radical (unpaired) electrons. The average molecular weight is 361 g/mol. The van der Waals surface area contributed by atoms with Crippen LogP contribution in [0.1, 0.15) is 36.5 Å². The van der Waals surface area contributed by atoms with E-state index in [1.54, 1.807) is 36.1 Å². The lowest BCUT2D eigenvalue weighted by molar-refractivity contribution is -0.137. The topological polar surface area (TPSA) is 116 Å². The van der Waals surface area contributed by atoms with Gasteiger partial charge in [-0.1, -0.05) is 6.92 Å². The van der Waals surface area contributed by atoms with Gasteiger partial charge in [-0.3, -0.25) is 14.4 Å². The summed E-state index contributed by atoms with van der Waals surface area (Å²) in [6, 6.07) is 5.89. The fourth-order valence-corrected chi connectivity index (χ4v) is 2.78. The maximum absolute atomic E-state index is 12.1. The molecule has 1 aromatic carbocycles. The highest BCUT2D eigenvalue weighted by Gasteiger charge is 2.20. The molecule has 26 heavy (non-hydrogen) atoms. The quantitative estimate of drug-likeness (QED) is 0.610. The molecule has 8 nitrogen and oxygen atoms in total. The molecule has 1 saturated heterocycles. The number of carbonyl (C=O) groups is 4. The van der Waals surface area contributed by atoms with E-state index in [0.29, 0.717) is 30.8 Å². The lowest BCUT2D eigenvalue weighted by Gasteiger charge is -2.16. The molecule has 3 N–H and O–H groups in total. The van der Waals surface area contributed by atoms with Crippen LogP contribution in [0, 0.1) is 5.92 Å². The van der Waals surface area contributed by atoms with E-state index >= 15 is 0 Å². The Bertz CT molecular complexity index is 687. The standard InChI is InChI=1S/C18H23N3O5/c1-12(11-16(23)24)17(25)13-4-6-14(7-5-13)20-18(26)19-8-10-21-9-2-3-15(21)22/h4-7,12H,2-3,8-11H2,1H3,(H,23,24)(H2,19,20,26). The van der Waals surface area contributed by atoms with Crippen LogP contribution < -0.4 is 10.6 Å². The van der Waals surface area contributed by atoms with E-state index in [4.69, 9.17) is 5.11 Å². The maximum atomic E-state index is 12.1. The maximum Gasteiger partial charge on any atom is 0.319 e. The van der Waals surface area contributed by atoms with E-state index in [-0.39, 0.29) is 18.1 Å². The van der Waals surface area contributed by atoms with Gasteiger partial charge in [0.15, 0.2) is 5.78 Å². The Labute approximate surface area is 151 Å². The van der Waals surface area contributed by atoms with Crippen molar-refractivity contribution in [1.29, 1.82) is 0 Å². The predicted molar refractivity (Wildman–Crippen MR) is 95.0 cm³/mol. The van der Waals surface area contributed by atoms with Gasteiger partial charge < -0.3 is 20.6 Å². The largest absolute Gasteiger partial charge is 0.481 e. The number of hydrogen-bond donors (Lipinski definition) is 3. The molecule has 1 atom stereocenters. The van der Waals surface area contributed by atoms with Gasteiger partial charge in [-0.25, -0.2) is 4.79 Å². The highest BCUT2D eigenvalue weighted by atomic mass is 16.4. The van der Waals surface area contributed by atoms with Gasteiger partial charge in [0.25, 0.3) is 0 Å². The summed E-state index contributed by atoms with van der Waals surface area (Å²) in [6.45, 7) is 3.15. The van der Waals surface area contributed by atoms with Gasteiger partial charge in [-0.15, -0.1) is 0 Å². The number of ketones is 1. The number of Topliss-reactive ketones (excluding diaryl/α,β-unsaturated/α-hetero) is 1. The van der Waals surface area contributed by atoms with Crippen molar-refractivity contribution in [2.45, 2.75) is 26.2 Å². The zero-order valence-corrected chi connectivity index (χ0v) is 14.7. The highest BCUT2D eigenvalue weighted by molar-refractivity contribution is 5.99. The molecule has 1 aliphatic heterocycles. The van der Waals surface area contributed by atoms with Crippen molar-refractivity contribution < 1.29 is 24.3 Å². The van der Waals surface area contributed by atoms with Gasteiger partial charge in [-0.05, 0) is 30.7 Å². The number of hydrogen-bond acceptors (Lipinski definition) is 4. The SMILES string of the molecule is CC(CC(=O)O)C(=O)c1ccc(NC(=O)NCCN2CCCC2=O)cc1. The number of urea groups is 1. The molecule has 1 aromatic rings. The van der Waals surface area contributed by atoms with Gasteiger partial charge in [-0.2, -0.15) is 0 Å². The third-order valence-corrected chi connectivity index (χ3v) is 4.19. The van der Waals surface area contributed by atoms with Crippen LogP contribution in [0.3, 0.4) is 0 Å². The van der Waals surface area contributed by atoms with Crippen LogP contribution in [0.25, 0.3) is 0 Å². The van der Waals surface area contributed by atoms with E-state index < -0.39 is 17.9 Å². The highest BCUT2D eigenvalue weighted by Crippen LogP contribution is 2.15. The number of carboxylic acid groups (broad SMARTS) is 1. The molecule has 0 aliphatic carbocycles. The molecule has 3 amide bonds. The van der Waals surface area contributed by atoms with Crippen LogP contribution in [0.5, 0.6) is 0 Å². The van der Waals surface area contributed by atoms with Crippen molar-refractivity contribution in [3.8, 4) is 0 Å². The van der Waals surface area contributed by atoms with E-state index in [1.807, 2.05) is 0 Å². The van der Waals surface area contributed by atoms with Crippen LogP contribution in [0.15, 0.2) is 24.3 Å². The Morgan fingerprint density at radius 3 is 2.50 bits per heavy atom. The third-order valence-electron chi connectivity index (χ3n) is 4.19. The summed E-state index contributed by atoms with van der Waals surface area (Å²) in [5, 5.41) is 14.1. The molecule has 140 valence electrons. The number of benzene rings is 1. The Morgan fingerprint density at radius 1 is 1.23 bits per heavy atom. The van der Waals surface area contributed by atoms with Gasteiger partial charge >= 0.3 is 12.0 Å². The van der Waals surface area contributed by atoms with Crippen molar-refractivity contribution in [2.75, 3.05) is 25.0 Å². The normalized spacial score (nSPS) is 14.8. The molecule has 8 heteroatoms. The summed E-state index contributed by atoms with van der Waals surface area (Å²) in [5.41, 5.74) is 0.916. The third kappa shape index (κ3) is 5.58. The molecule has 1 heterocycles. The Balaban J connectivity index is 1.78. The molecule has 1 aliphatic rings. The number of amides is 3. The summed E-state index contributed by atoms with van der Waals surface area (Å²) in [5.74, 6) is -1.76. The molecule has 0 saturated carbocycles. The Kier molecular flexibility index (Phi) is 6.71. The Morgan fingerprint density at radius 2 is 1.92 bits per heavy atom. The minimum absolute atomic E-state index is 0.115. The number of rotatable bonds is 8. The molecule has 2 rings (SSSR count). The summed E-state index contributed by atoms with van der Waals surface area (Å²) >= 11 is 0.